The van der Waals surface area contributed by atoms with Crippen molar-refractivity contribution in [3.63, 3.8) is 0 Å². The smallest absolute Gasteiger partial charge is 0.338 e. The average molecular weight is 519 g/mol. The van der Waals surface area contributed by atoms with Gasteiger partial charge in [-0.15, -0.1) is 0 Å². The monoisotopic (exact) mass is 518 g/mol. The molecule has 8 heteroatoms. The van der Waals surface area contributed by atoms with Gasteiger partial charge in [-0.05, 0) is 44.7 Å². The zero-order valence-corrected chi connectivity index (χ0v) is 22.8. The molecule has 2 heterocycles. The van der Waals surface area contributed by atoms with E-state index in [1.807, 2.05) is 13.8 Å². The number of aliphatic hydroxyl groups is 2. The van der Waals surface area contributed by atoms with Gasteiger partial charge in [-0.1, -0.05) is 52.3 Å². The van der Waals surface area contributed by atoms with Crippen molar-refractivity contribution in [3.05, 3.63) is 35.9 Å². The summed E-state index contributed by atoms with van der Waals surface area (Å²) in [5.74, 6) is -2.34. The number of ether oxygens (including phenoxy) is 3. The number of hydrogen-bond donors (Lipinski definition) is 2. The maximum Gasteiger partial charge on any atom is 0.338 e. The quantitative estimate of drug-likeness (QED) is 0.457. The summed E-state index contributed by atoms with van der Waals surface area (Å²) in [6, 6.07) is 8.57. The van der Waals surface area contributed by atoms with E-state index in [9.17, 15) is 24.6 Å². The molecular weight excluding hydrogens is 476 g/mol. The zero-order valence-electron chi connectivity index (χ0n) is 22.8. The number of carbonyl (C=O) groups is 3. The molecular formula is C29H42O8. The maximum absolute atomic E-state index is 13.2. The van der Waals surface area contributed by atoms with E-state index in [-0.39, 0.29) is 17.8 Å². The van der Waals surface area contributed by atoms with Crippen molar-refractivity contribution in [2.24, 2.45) is 17.3 Å². The molecule has 0 radical (unpaired) electrons. The van der Waals surface area contributed by atoms with Crippen molar-refractivity contribution in [3.8, 4) is 0 Å². The van der Waals surface area contributed by atoms with Crippen LogP contribution in [0, 0.1) is 17.3 Å². The minimum absolute atomic E-state index is 0.115. The molecule has 1 aromatic rings. The lowest BCUT2D eigenvalue weighted by atomic mass is 9.73. The largest absolute Gasteiger partial charge is 0.458 e. The third kappa shape index (κ3) is 6.98. The van der Waals surface area contributed by atoms with Gasteiger partial charge in [-0.2, -0.15) is 0 Å². The first kappa shape index (κ1) is 29.3. The van der Waals surface area contributed by atoms with E-state index in [1.165, 1.54) is 0 Å². The van der Waals surface area contributed by atoms with Crippen LogP contribution in [0.3, 0.4) is 0 Å². The molecule has 2 saturated heterocycles. The van der Waals surface area contributed by atoms with Crippen molar-refractivity contribution in [2.45, 2.75) is 110 Å². The number of hydrogen-bond acceptors (Lipinski definition) is 8. The third-order valence-corrected chi connectivity index (χ3v) is 8.26. The molecule has 206 valence electrons. The van der Waals surface area contributed by atoms with Crippen LogP contribution in [0.1, 0.15) is 84.0 Å². The molecule has 8 nitrogen and oxygen atoms in total. The molecule has 0 bridgehead atoms. The van der Waals surface area contributed by atoms with Crippen molar-refractivity contribution >= 4 is 17.7 Å². The highest BCUT2D eigenvalue weighted by Crippen LogP contribution is 2.44. The molecule has 0 spiro atoms. The summed E-state index contributed by atoms with van der Waals surface area (Å²) in [5, 5.41) is 21.7. The number of fused-ring (bicyclic) bond motifs is 1. The minimum atomic E-state index is -1.31. The summed E-state index contributed by atoms with van der Waals surface area (Å²) < 4.78 is 17.4. The van der Waals surface area contributed by atoms with Crippen molar-refractivity contribution in [1.82, 2.24) is 0 Å². The fraction of sp³-hybridized carbons (Fsp3) is 0.690. The summed E-state index contributed by atoms with van der Waals surface area (Å²) in [6.07, 6.45) is -1.70. The minimum Gasteiger partial charge on any atom is -0.458 e. The summed E-state index contributed by atoms with van der Waals surface area (Å²) in [5.41, 5.74) is -1.28. The first-order chi connectivity index (χ1) is 17.3. The third-order valence-electron chi connectivity index (χ3n) is 8.26. The van der Waals surface area contributed by atoms with E-state index < -0.39 is 59.7 Å². The number of aliphatic hydroxyl groups excluding tert-OH is 2. The predicted octanol–water partition coefficient (Wildman–Crippen LogP) is 3.85. The Labute approximate surface area is 219 Å². The van der Waals surface area contributed by atoms with Crippen LogP contribution in [-0.2, 0) is 23.8 Å². The number of esters is 2. The number of Topliss-reactive ketones (excluding diaryl/α,β-unsaturated/α-hetero) is 1. The van der Waals surface area contributed by atoms with Crippen LogP contribution in [0.2, 0.25) is 0 Å². The normalized spacial score (nSPS) is 36.1. The first-order valence-corrected chi connectivity index (χ1v) is 13.3. The lowest BCUT2D eigenvalue weighted by Gasteiger charge is -2.34. The maximum atomic E-state index is 13.2. The van der Waals surface area contributed by atoms with Gasteiger partial charge in [-0.25, -0.2) is 4.79 Å². The highest BCUT2D eigenvalue weighted by atomic mass is 16.6. The number of ketones is 1. The molecule has 0 aliphatic carbocycles. The van der Waals surface area contributed by atoms with Gasteiger partial charge < -0.3 is 24.4 Å². The first-order valence-electron chi connectivity index (χ1n) is 13.3. The number of rotatable bonds is 3. The Balaban J connectivity index is 1.80. The molecule has 2 fully saturated rings. The fourth-order valence-electron chi connectivity index (χ4n) is 5.22. The predicted molar refractivity (Wildman–Crippen MR) is 137 cm³/mol. The van der Waals surface area contributed by atoms with Crippen molar-refractivity contribution in [1.29, 1.82) is 0 Å². The summed E-state index contributed by atoms with van der Waals surface area (Å²) in [4.78, 5) is 38.8. The molecule has 2 aliphatic rings. The van der Waals surface area contributed by atoms with Crippen LogP contribution in [0.15, 0.2) is 30.3 Å². The van der Waals surface area contributed by atoms with Crippen molar-refractivity contribution < 1.29 is 38.8 Å². The van der Waals surface area contributed by atoms with Crippen LogP contribution < -0.4 is 0 Å². The van der Waals surface area contributed by atoms with Gasteiger partial charge in [0.15, 0.2) is 0 Å². The van der Waals surface area contributed by atoms with Crippen LogP contribution in [0.25, 0.3) is 0 Å². The molecule has 0 saturated carbocycles. The summed E-state index contributed by atoms with van der Waals surface area (Å²) >= 11 is 0. The topological polar surface area (TPSA) is 123 Å². The van der Waals surface area contributed by atoms with Gasteiger partial charge in [0.25, 0.3) is 0 Å². The average Bonchev–Trinajstić information content (AvgIpc) is 3.50. The van der Waals surface area contributed by atoms with Gasteiger partial charge in [0, 0.05) is 12.3 Å². The highest BCUT2D eigenvalue weighted by molar-refractivity contribution is 5.89. The molecule has 2 aliphatic heterocycles. The van der Waals surface area contributed by atoms with E-state index in [0.29, 0.717) is 12.0 Å². The standard InChI is InChI=1S/C29H42O8/c1-17-11-10-14-29(6)23(37-29)15-21(19(3)35-27(34)20-12-8-7-9-13-20)36-24(31)16-22(30)28(4,5)26(33)18(2)25(17)32/h7-9,12-13,17-19,21-23,25,30,32H,10-11,14-16H2,1-6H3/t17-,18+,19?,21?,22-,23-,25-,29+/m0/s1. The fourth-order valence-corrected chi connectivity index (χ4v) is 5.22. The molecule has 37 heavy (non-hydrogen) atoms. The Kier molecular flexibility index (Phi) is 9.19. The van der Waals surface area contributed by atoms with E-state index in [0.717, 1.165) is 19.3 Å². The van der Waals surface area contributed by atoms with E-state index in [2.05, 4.69) is 0 Å². The molecule has 3 rings (SSSR count). The van der Waals surface area contributed by atoms with Gasteiger partial charge in [0.2, 0.25) is 0 Å². The van der Waals surface area contributed by atoms with Crippen LogP contribution in [0.5, 0.6) is 0 Å². The molecule has 2 unspecified atom stereocenters. The number of carbonyl (C=O) groups excluding carboxylic acids is 3. The van der Waals surface area contributed by atoms with Crippen molar-refractivity contribution in [2.75, 3.05) is 0 Å². The second-order valence-electron chi connectivity index (χ2n) is 11.6. The Morgan fingerprint density at radius 3 is 2.41 bits per heavy atom. The highest BCUT2D eigenvalue weighted by Gasteiger charge is 2.53. The number of cyclic esters (lactones) is 1. The lowest BCUT2D eigenvalue weighted by Crippen LogP contribution is -2.46. The Morgan fingerprint density at radius 1 is 1.11 bits per heavy atom. The van der Waals surface area contributed by atoms with Crippen LogP contribution >= 0.6 is 0 Å². The Bertz CT molecular complexity index is 960. The van der Waals surface area contributed by atoms with Crippen LogP contribution in [-0.4, -0.2) is 64.1 Å². The Hall–Kier alpha value is -2.29. The summed E-state index contributed by atoms with van der Waals surface area (Å²) in [6.45, 7) is 10.4. The second kappa shape index (κ2) is 11.6. The van der Waals surface area contributed by atoms with E-state index in [1.54, 1.807) is 58.0 Å². The number of epoxide rings is 1. The lowest BCUT2D eigenvalue weighted by molar-refractivity contribution is -0.161. The second-order valence-corrected chi connectivity index (χ2v) is 11.6. The van der Waals surface area contributed by atoms with Crippen LogP contribution in [0.4, 0.5) is 0 Å². The van der Waals surface area contributed by atoms with Gasteiger partial charge >= 0.3 is 11.9 Å². The number of benzene rings is 1. The van der Waals surface area contributed by atoms with E-state index >= 15 is 0 Å². The molecule has 1 aromatic carbocycles. The van der Waals surface area contributed by atoms with Gasteiger partial charge in [0.05, 0.1) is 41.3 Å². The molecule has 0 aromatic heterocycles. The van der Waals surface area contributed by atoms with Gasteiger partial charge in [-0.3, -0.25) is 9.59 Å². The summed E-state index contributed by atoms with van der Waals surface area (Å²) in [7, 11) is 0. The molecule has 2 N–H and O–H groups in total. The Morgan fingerprint density at radius 2 is 1.76 bits per heavy atom. The zero-order chi connectivity index (χ0) is 27.5. The van der Waals surface area contributed by atoms with E-state index in [4.69, 9.17) is 14.2 Å². The van der Waals surface area contributed by atoms with Gasteiger partial charge in [0.1, 0.15) is 18.0 Å². The SMILES string of the molecule is CC(OC(=O)c1ccccc1)C1C[C@@H]2O[C@]2(C)CCC[C@H](C)[C@H](O)[C@@H](C)C(=O)C(C)(C)[C@@H](O)CC(=O)O1. The molecule has 0 amide bonds. The molecule has 8 atom stereocenters.